The molecule has 0 saturated carbocycles. The maximum atomic E-state index is 12.5. The van der Waals surface area contributed by atoms with Crippen LogP contribution in [0.3, 0.4) is 0 Å². The van der Waals surface area contributed by atoms with E-state index in [1.807, 2.05) is 17.5 Å². The number of aromatic nitrogens is 2. The zero-order valence-electron chi connectivity index (χ0n) is 14.0. The Bertz CT molecular complexity index is 905. The third-order valence-electron chi connectivity index (χ3n) is 3.43. The molecule has 0 aliphatic carbocycles. The fourth-order valence-corrected chi connectivity index (χ4v) is 3.17. The Labute approximate surface area is 159 Å². The molecule has 1 aromatic carbocycles. The first kappa shape index (κ1) is 18.2. The van der Waals surface area contributed by atoms with Crippen LogP contribution in [0.5, 0.6) is 5.88 Å². The molecule has 0 atom stereocenters. The van der Waals surface area contributed by atoms with Crippen molar-refractivity contribution in [3.8, 4) is 17.1 Å². The molecule has 0 fully saturated rings. The first-order valence-corrected chi connectivity index (χ1v) is 9.01. The van der Waals surface area contributed by atoms with Gasteiger partial charge in [0.15, 0.2) is 11.7 Å². The second kappa shape index (κ2) is 8.16. The Balaban J connectivity index is 1.73. The average Bonchev–Trinajstić information content (AvgIpc) is 3.27. The van der Waals surface area contributed by atoms with Gasteiger partial charge in [-0.3, -0.25) is 9.69 Å². The zero-order valence-corrected chi connectivity index (χ0v) is 15.6. The lowest BCUT2D eigenvalue weighted by atomic mass is 10.2. The van der Waals surface area contributed by atoms with Crippen LogP contribution >= 0.6 is 22.9 Å². The van der Waals surface area contributed by atoms with Crippen molar-refractivity contribution >= 4 is 34.0 Å². The van der Waals surface area contributed by atoms with Crippen LogP contribution in [0.1, 0.15) is 5.76 Å². The molecule has 3 aromatic rings. The molecule has 8 heteroatoms. The number of ether oxygens (including phenoxy) is 1. The van der Waals surface area contributed by atoms with Crippen molar-refractivity contribution in [2.24, 2.45) is 0 Å². The van der Waals surface area contributed by atoms with Gasteiger partial charge in [-0.15, -0.1) is 17.9 Å². The van der Waals surface area contributed by atoms with Gasteiger partial charge < -0.3 is 9.26 Å². The topological polar surface area (TPSA) is 68.5 Å². The van der Waals surface area contributed by atoms with Gasteiger partial charge in [-0.05, 0) is 24.2 Å². The summed E-state index contributed by atoms with van der Waals surface area (Å²) in [5.41, 5.74) is 1.70. The number of aryl methyl sites for hydroxylation is 1. The summed E-state index contributed by atoms with van der Waals surface area (Å²) in [6, 6.07) is 8.99. The molecule has 134 valence electrons. The minimum absolute atomic E-state index is 0.171. The van der Waals surface area contributed by atoms with Gasteiger partial charge in [0.25, 0.3) is 11.8 Å². The molecule has 0 bridgehead atoms. The maximum Gasteiger partial charge on any atom is 0.267 e. The minimum Gasteiger partial charge on any atom is -0.465 e. The highest BCUT2D eigenvalue weighted by Crippen LogP contribution is 2.28. The van der Waals surface area contributed by atoms with Crippen LogP contribution < -0.4 is 9.64 Å². The summed E-state index contributed by atoms with van der Waals surface area (Å²) in [5, 5.41) is 6.83. The lowest BCUT2D eigenvalue weighted by Crippen LogP contribution is -2.35. The van der Waals surface area contributed by atoms with E-state index in [-0.39, 0.29) is 18.4 Å². The van der Waals surface area contributed by atoms with E-state index in [0.29, 0.717) is 22.5 Å². The lowest BCUT2D eigenvalue weighted by Gasteiger charge is -2.17. The highest BCUT2D eigenvalue weighted by atomic mass is 35.5. The number of carbonyl (C=O) groups excluding carboxylic acids is 1. The molecule has 2 aromatic heterocycles. The first-order chi connectivity index (χ1) is 12.6. The van der Waals surface area contributed by atoms with Gasteiger partial charge in [-0.25, -0.2) is 4.98 Å². The van der Waals surface area contributed by atoms with Crippen molar-refractivity contribution in [1.82, 2.24) is 10.1 Å². The van der Waals surface area contributed by atoms with Gasteiger partial charge in [0, 0.05) is 28.6 Å². The monoisotopic (exact) mass is 389 g/mol. The Kier molecular flexibility index (Phi) is 5.70. The molecule has 0 aliphatic heterocycles. The minimum atomic E-state index is -0.248. The van der Waals surface area contributed by atoms with E-state index in [9.17, 15) is 4.79 Å². The van der Waals surface area contributed by atoms with Gasteiger partial charge >= 0.3 is 0 Å². The fourth-order valence-electron chi connectivity index (χ4n) is 2.18. The molecular formula is C18H16ClN3O3S. The Morgan fingerprint density at radius 3 is 2.85 bits per heavy atom. The number of hydrogen-bond donors (Lipinski definition) is 0. The Morgan fingerprint density at radius 1 is 1.42 bits per heavy atom. The SMILES string of the molecule is C=CCN(C(=O)COc1cc(C)on1)c1nc(-c2ccc(Cl)cc2)cs1. The number of rotatable bonds is 7. The number of thiazole rings is 1. The van der Waals surface area contributed by atoms with Crippen molar-refractivity contribution < 1.29 is 14.1 Å². The molecule has 0 saturated heterocycles. The van der Waals surface area contributed by atoms with E-state index in [4.69, 9.17) is 20.9 Å². The number of amides is 1. The largest absolute Gasteiger partial charge is 0.465 e. The number of halogens is 1. The molecule has 1 amide bonds. The number of benzene rings is 1. The number of nitrogens with zero attached hydrogens (tertiary/aromatic N) is 3. The van der Waals surface area contributed by atoms with Crippen LogP contribution in [0.4, 0.5) is 5.13 Å². The first-order valence-electron chi connectivity index (χ1n) is 7.75. The molecule has 6 nitrogen and oxygen atoms in total. The van der Waals surface area contributed by atoms with Crippen molar-refractivity contribution in [2.75, 3.05) is 18.1 Å². The summed E-state index contributed by atoms with van der Waals surface area (Å²) in [5.74, 6) is 0.640. The van der Waals surface area contributed by atoms with Crippen molar-refractivity contribution in [3.63, 3.8) is 0 Å². The highest BCUT2D eigenvalue weighted by Gasteiger charge is 2.19. The predicted molar refractivity (Wildman–Crippen MR) is 102 cm³/mol. The molecule has 26 heavy (non-hydrogen) atoms. The van der Waals surface area contributed by atoms with E-state index >= 15 is 0 Å². The second-order valence-electron chi connectivity index (χ2n) is 5.38. The van der Waals surface area contributed by atoms with Crippen LogP contribution in [-0.4, -0.2) is 29.2 Å². The normalized spacial score (nSPS) is 10.5. The lowest BCUT2D eigenvalue weighted by molar-refractivity contribution is -0.120. The second-order valence-corrected chi connectivity index (χ2v) is 6.65. The molecule has 2 heterocycles. The number of anilines is 1. The standard InChI is InChI=1S/C18H16ClN3O3S/c1-3-8-22(17(23)10-24-16-9-12(2)25-21-16)18-20-15(11-26-18)13-4-6-14(19)7-5-13/h3-7,9,11H,1,8,10H2,2H3. The van der Waals surface area contributed by atoms with E-state index in [1.54, 1.807) is 31.2 Å². The fraction of sp³-hybridized carbons (Fsp3) is 0.167. The summed E-state index contributed by atoms with van der Waals surface area (Å²) in [6.45, 7) is 5.61. The smallest absolute Gasteiger partial charge is 0.267 e. The van der Waals surface area contributed by atoms with Gasteiger partial charge in [0.05, 0.1) is 5.69 Å². The molecule has 0 unspecified atom stereocenters. The van der Waals surface area contributed by atoms with E-state index in [1.165, 1.54) is 16.2 Å². The third-order valence-corrected chi connectivity index (χ3v) is 4.54. The summed E-state index contributed by atoms with van der Waals surface area (Å²) in [6.07, 6.45) is 1.64. The molecule has 3 rings (SSSR count). The molecule has 0 aliphatic rings. The van der Waals surface area contributed by atoms with Gasteiger partial charge in [0.2, 0.25) is 0 Å². The predicted octanol–water partition coefficient (Wildman–Crippen LogP) is 4.36. The van der Waals surface area contributed by atoms with Crippen LogP contribution in [0, 0.1) is 6.92 Å². The Hall–Kier alpha value is -2.64. The molecule has 0 radical (unpaired) electrons. The molecule has 0 N–H and O–H groups in total. The van der Waals surface area contributed by atoms with E-state index in [0.717, 1.165) is 11.3 Å². The van der Waals surface area contributed by atoms with Crippen LogP contribution in [0.2, 0.25) is 5.02 Å². The highest BCUT2D eigenvalue weighted by molar-refractivity contribution is 7.14. The maximum absolute atomic E-state index is 12.5. The third kappa shape index (κ3) is 4.30. The van der Waals surface area contributed by atoms with Gasteiger partial charge in [0.1, 0.15) is 5.76 Å². The van der Waals surface area contributed by atoms with E-state index < -0.39 is 0 Å². The summed E-state index contributed by atoms with van der Waals surface area (Å²) in [7, 11) is 0. The number of hydrogen-bond acceptors (Lipinski definition) is 6. The molecular weight excluding hydrogens is 374 g/mol. The van der Waals surface area contributed by atoms with E-state index in [2.05, 4.69) is 16.7 Å². The van der Waals surface area contributed by atoms with Crippen molar-refractivity contribution in [1.29, 1.82) is 0 Å². The van der Waals surface area contributed by atoms with Crippen LogP contribution in [0.15, 0.2) is 52.9 Å². The summed E-state index contributed by atoms with van der Waals surface area (Å²) >= 11 is 7.29. The van der Waals surface area contributed by atoms with Gasteiger partial charge in [-0.2, -0.15) is 0 Å². The summed E-state index contributed by atoms with van der Waals surface area (Å²) < 4.78 is 10.3. The summed E-state index contributed by atoms with van der Waals surface area (Å²) in [4.78, 5) is 18.6. The Morgan fingerprint density at radius 2 is 2.19 bits per heavy atom. The molecule has 0 spiro atoms. The van der Waals surface area contributed by atoms with Crippen molar-refractivity contribution in [2.45, 2.75) is 6.92 Å². The van der Waals surface area contributed by atoms with Gasteiger partial charge in [-0.1, -0.05) is 29.8 Å². The average molecular weight is 390 g/mol. The van der Waals surface area contributed by atoms with Crippen LogP contribution in [-0.2, 0) is 4.79 Å². The van der Waals surface area contributed by atoms with Crippen LogP contribution in [0.25, 0.3) is 11.3 Å². The van der Waals surface area contributed by atoms with Crippen molar-refractivity contribution in [3.05, 3.63) is 59.1 Å². The number of carbonyl (C=O) groups is 1. The zero-order chi connectivity index (χ0) is 18.5. The quantitative estimate of drug-likeness (QED) is 0.561.